The van der Waals surface area contributed by atoms with Crippen molar-refractivity contribution >= 4 is 39.1 Å². The first kappa shape index (κ1) is 16.8. The Morgan fingerprint density at radius 2 is 2.30 bits per heavy atom. The van der Waals surface area contributed by atoms with Crippen LogP contribution in [0.4, 0.5) is 0 Å². The van der Waals surface area contributed by atoms with Gasteiger partial charge in [-0.25, -0.2) is 4.68 Å². The van der Waals surface area contributed by atoms with Crippen LogP contribution in [0.2, 0.25) is 0 Å². The number of thiophene rings is 1. The van der Waals surface area contributed by atoms with Gasteiger partial charge in [-0.2, -0.15) is 0 Å². The minimum atomic E-state index is -0.0559. The Kier molecular flexibility index (Phi) is 4.17. The van der Waals surface area contributed by atoms with Gasteiger partial charge in [0.2, 0.25) is 10.9 Å². The molecule has 27 heavy (non-hydrogen) atoms. The van der Waals surface area contributed by atoms with Gasteiger partial charge in [0.25, 0.3) is 5.56 Å². The number of thioether (sulfide) groups is 1. The molecule has 0 radical (unpaired) electrons. The first-order valence-corrected chi connectivity index (χ1v) is 10.4. The van der Waals surface area contributed by atoms with Gasteiger partial charge in [0.1, 0.15) is 10.5 Å². The van der Waals surface area contributed by atoms with E-state index in [9.17, 15) is 4.79 Å². The van der Waals surface area contributed by atoms with E-state index in [1.807, 2.05) is 15.8 Å². The lowest BCUT2D eigenvalue weighted by atomic mass is 10.2. The van der Waals surface area contributed by atoms with Gasteiger partial charge >= 0.3 is 0 Å². The molecule has 0 bridgehead atoms. The number of aromatic nitrogens is 8. The maximum absolute atomic E-state index is 12.4. The summed E-state index contributed by atoms with van der Waals surface area (Å²) in [5, 5.41) is 23.1. The van der Waals surface area contributed by atoms with Crippen LogP contribution >= 0.6 is 23.1 Å². The van der Waals surface area contributed by atoms with E-state index in [-0.39, 0.29) is 11.7 Å². The lowest BCUT2D eigenvalue weighted by molar-refractivity contribution is 0.0912. The Morgan fingerprint density at radius 3 is 3.15 bits per heavy atom. The van der Waals surface area contributed by atoms with Crippen molar-refractivity contribution in [2.24, 2.45) is 7.05 Å². The molecule has 140 valence electrons. The predicted octanol–water partition coefficient (Wildman–Crippen LogP) is 1.10. The van der Waals surface area contributed by atoms with Gasteiger partial charge < -0.3 is 4.74 Å². The lowest BCUT2D eigenvalue weighted by Crippen LogP contribution is -2.19. The number of fused-ring (bicyclic) bond motifs is 3. The van der Waals surface area contributed by atoms with E-state index < -0.39 is 0 Å². The molecule has 5 heterocycles. The zero-order valence-electron chi connectivity index (χ0n) is 14.5. The first-order chi connectivity index (χ1) is 13.2. The van der Waals surface area contributed by atoms with Crippen LogP contribution in [0.3, 0.4) is 0 Å². The maximum atomic E-state index is 12.4. The fraction of sp³-hybridized carbons (Fsp3) is 0.467. The number of aryl methyl sites for hydroxylation is 1. The molecule has 0 aromatic carbocycles. The Hall–Kier alpha value is -2.31. The Balaban J connectivity index is 1.45. The van der Waals surface area contributed by atoms with Crippen LogP contribution in [0, 0.1) is 0 Å². The summed E-state index contributed by atoms with van der Waals surface area (Å²) >= 11 is 2.92. The SMILES string of the molecule is Cn1c(=O)c2sccc2n2c(CSc3nnnn3CC3CCCO3)nnc12. The van der Waals surface area contributed by atoms with Crippen LogP contribution in [0.15, 0.2) is 21.4 Å². The molecule has 0 aliphatic carbocycles. The van der Waals surface area contributed by atoms with Crippen molar-refractivity contribution in [2.75, 3.05) is 6.61 Å². The molecule has 10 nitrogen and oxygen atoms in total. The molecule has 1 saturated heterocycles. The highest BCUT2D eigenvalue weighted by molar-refractivity contribution is 7.98. The van der Waals surface area contributed by atoms with Crippen LogP contribution < -0.4 is 5.56 Å². The predicted molar refractivity (Wildman–Crippen MR) is 100.0 cm³/mol. The summed E-state index contributed by atoms with van der Waals surface area (Å²) in [7, 11) is 1.71. The standard InChI is InChI=1S/C15H16N8O2S2/c1-21-13(24)12-10(4-6-26-12)23-11(16-17-14(21)23)8-27-15-18-19-20-22(15)7-9-3-2-5-25-9/h4,6,9H,2-3,5,7-8H2,1H3. The Bertz CT molecular complexity index is 1170. The highest BCUT2D eigenvalue weighted by Crippen LogP contribution is 2.24. The Morgan fingerprint density at radius 1 is 1.37 bits per heavy atom. The van der Waals surface area contributed by atoms with Crippen LogP contribution in [-0.2, 0) is 24.1 Å². The number of tetrazole rings is 1. The molecule has 0 amide bonds. The van der Waals surface area contributed by atoms with Crippen molar-refractivity contribution in [3.63, 3.8) is 0 Å². The summed E-state index contributed by atoms with van der Waals surface area (Å²) in [6.07, 6.45) is 2.28. The van der Waals surface area contributed by atoms with Crippen molar-refractivity contribution in [2.45, 2.75) is 36.4 Å². The van der Waals surface area contributed by atoms with Crippen LogP contribution in [0.1, 0.15) is 18.7 Å². The number of hydrogen-bond donors (Lipinski definition) is 0. The third kappa shape index (κ3) is 2.84. The summed E-state index contributed by atoms with van der Waals surface area (Å²) in [5.41, 5.74) is 0.775. The zero-order chi connectivity index (χ0) is 18.4. The molecule has 0 spiro atoms. The number of ether oxygens (including phenoxy) is 1. The van der Waals surface area contributed by atoms with Gasteiger partial charge in [-0.05, 0) is 34.7 Å². The normalized spacial score (nSPS) is 17.4. The molecule has 4 aromatic rings. The van der Waals surface area contributed by atoms with E-state index in [4.69, 9.17) is 4.74 Å². The second-order valence-electron chi connectivity index (χ2n) is 6.32. The topological polar surface area (TPSA) is 105 Å². The van der Waals surface area contributed by atoms with Gasteiger partial charge in [-0.15, -0.1) is 26.6 Å². The van der Waals surface area contributed by atoms with Gasteiger partial charge in [0.15, 0.2) is 0 Å². The zero-order valence-corrected chi connectivity index (χ0v) is 16.1. The molecular formula is C15H16N8O2S2. The van der Waals surface area contributed by atoms with Gasteiger partial charge in [0, 0.05) is 13.7 Å². The molecule has 1 atom stereocenters. The fourth-order valence-electron chi connectivity index (χ4n) is 3.27. The molecule has 1 aliphatic heterocycles. The monoisotopic (exact) mass is 404 g/mol. The third-order valence-corrected chi connectivity index (χ3v) is 6.47. The van der Waals surface area contributed by atoms with E-state index >= 15 is 0 Å². The first-order valence-electron chi connectivity index (χ1n) is 8.53. The van der Waals surface area contributed by atoms with Gasteiger partial charge in [-0.1, -0.05) is 11.8 Å². The second-order valence-corrected chi connectivity index (χ2v) is 8.18. The summed E-state index contributed by atoms with van der Waals surface area (Å²) < 4.78 is 11.6. The second kappa shape index (κ2) is 6.69. The van der Waals surface area contributed by atoms with Crippen molar-refractivity contribution in [3.8, 4) is 0 Å². The van der Waals surface area contributed by atoms with Crippen molar-refractivity contribution in [1.82, 2.24) is 39.4 Å². The van der Waals surface area contributed by atoms with E-state index in [0.717, 1.165) is 30.8 Å². The quantitative estimate of drug-likeness (QED) is 0.455. The molecule has 1 fully saturated rings. The highest BCUT2D eigenvalue weighted by Gasteiger charge is 2.20. The van der Waals surface area contributed by atoms with Crippen molar-refractivity contribution in [3.05, 3.63) is 27.6 Å². The fourth-order valence-corrected chi connectivity index (χ4v) is 4.92. The van der Waals surface area contributed by atoms with Crippen molar-refractivity contribution in [1.29, 1.82) is 0 Å². The number of nitrogens with zero attached hydrogens (tertiary/aromatic N) is 8. The summed E-state index contributed by atoms with van der Waals surface area (Å²) in [6, 6.07) is 1.92. The summed E-state index contributed by atoms with van der Waals surface area (Å²) in [5.74, 6) is 1.82. The molecule has 1 unspecified atom stereocenters. The molecule has 12 heteroatoms. The molecule has 1 aliphatic rings. The minimum absolute atomic E-state index is 0.0559. The molecular weight excluding hydrogens is 388 g/mol. The summed E-state index contributed by atoms with van der Waals surface area (Å²) in [4.78, 5) is 12.4. The van der Waals surface area contributed by atoms with Gasteiger partial charge in [-0.3, -0.25) is 13.8 Å². The average Bonchev–Trinajstić information content (AvgIpc) is 3.44. The molecule has 0 saturated carbocycles. The van der Waals surface area contributed by atoms with Crippen LogP contribution in [0.5, 0.6) is 0 Å². The van der Waals surface area contributed by atoms with Crippen LogP contribution in [0.25, 0.3) is 16.0 Å². The maximum Gasteiger partial charge on any atom is 0.272 e. The molecule has 4 aromatic heterocycles. The average molecular weight is 404 g/mol. The highest BCUT2D eigenvalue weighted by atomic mass is 32.2. The van der Waals surface area contributed by atoms with E-state index in [0.29, 0.717) is 27.9 Å². The Labute approximate surface area is 161 Å². The van der Waals surface area contributed by atoms with Crippen LogP contribution in [-0.4, -0.2) is 52.1 Å². The van der Waals surface area contributed by atoms with E-state index in [1.54, 1.807) is 11.7 Å². The summed E-state index contributed by atoms with van der Waals surface area (Å²) in [6.45, 7) is 1.45. The number of hydrogen-bond acceptors (Lipinski definition) is 9. The molecule has 5 rings (SSSR count). The third-order valence-electron chi connectivity index (χ3n) is 4.63. The smallest absolute Gasteiger partial charge is 0.272 e. The largest absolute Gasteiger partial charge is 0.376 e. The lowest BCUT2D eigenvalue weighted by Gasteiger charge is -2.09. The number of rotatable bonds is 5. The van der Waals surface area contributed by atoms with E-state index in [2.05, 4.69) is 25.7 Å². The van der Waals surface area contributed by atoms with Crippen molar-refractivity contribution < 1.29 is 4.74 Å². The van der Waals surface area contributed by atoms with E-state index in [1.165, 1.54) is 27.7 Å². The minimum Gasteiger partial charge on any atom is -0.376 e. The molecule has 0 N–H and O–H groups in total. The van der Waals surface area contributed by atoms with Gasteiger partial charge in [0.05, 0.1) is 23.9 Å².